The molecule has 6 nitrogen and oxygen atoms in total. The molecule has 2 aromatic rings. The molecule has 1 atom stereocenters. The number of alkyl halides is 6. The number of methoxy groups -OCH3 is 1. The third-order valence-corrected chi connectivity index (χ3v) is 5.41. The van der Waals surface area contributed by atoms with Gasteiger partial charge in [-0.3, -0.25) is 9.69 Å². The van der Waals surface area contributed by atoms with Crippen LogP contribution in [0.25, 0.3) is 4.96 Å². The largest absolute Gasteiger partial charge is 0.435 e. The van der Waals surface area contributed by atoms with E-state index >= 15 is 0 Å². The van der Waals surface area contributed by atoms with Crippen molar-refractivity contribution >= 4 is 33.7 Å². The zero-order valence-electron chi connectivity index (χ0n) is 14.6. The van der Waals surface area contributed by atoms with E-state index in [0.29, 0.717) is 18.0 Å². The van der Waals surface area contributed by atoms with Crippen LogP contribution in [0.1, 0.15) is 22.8 Å². The van der Waals surface area contributed by atoms with Crippen LogP contribution in [-0.2, 0) is 28.7 Å². The summed E-state index contributed by atoms with van der Waals surface area (Å²) in [4.78, 5) is 17.1. The van der Waals surface area contributed by atoms with Crippen molar-refractivity contribution in [2.45, 2.75) is 30.9 Å². The van der Waals surface area contributed by atoms with Gasteiger partial charge in [-0.05, 0) is 11.6 Å². The average Bonchev–Trinajstić information content (AvgIpc) is 3.18. The molecule has 0 bridgehead atoms. The first-order valence-corrected chi connectivity index (χ1v) is 9.42. The van der Waals surface area contributed by atoms with E-state index in [0.717, 1.165) is 15.9 Å². The second-order valence-electron chi connectivity index (χ2n) is 6.49. The van der Waals surface area contributed by atoms with Gasteiger partial charge in [0.15, 0.2) is 11.5 Å². The molecular formula is C15H16ClF5N4O2S. The Morgan fingerprint density at radius 3 is 2.64 bits per heavy atom. The van der Waals surface area contributed by atoms with Crippen LogP contribution in [0.3, 0.4) is 0 Å². The van der Waals surface area contributed by atoms with Gasteiger partial charge in [-0.25, -0.2) is 9.50 Å². The van der Waals surface area contributed by atoms with E-state index in [1.54, 1.807) is 0 Å². The molecule has 1 saturated heterocycles. The number of aromatic nitrogens is 3. The molecule has 0 spiro atoms. The molecule has 0 aromatic carbocycles. The molecular weight excluding hydrogens is 431 g/mol. The minimum Gasteiger partial charge on any atom is -0.384 e. The lowest BCUT2D eigenvalue weighted by Gasteiger charge is -2.16. The number of hydrogen-bond acceptors (Lipinski definition) is 6. The van der Waals surface area contributed by atoms with Crippen molar-refractivity contribution < 1.29 is 31.5 Å². The lowest BCUT2D eigenvalue weighted by Crippen LogP contribution is -2.24. The van der Waals surface area contributed by atoms with E-state index in [9.17, 15) is 26.7 Å². The number of likely N-dealkylation sites (tertiary alicyclic amines) is 1. The van der Waals surface area contributed by atoms with Gasteiger partial charge in [0.05, 0.1) is 18.8 Å². The van der Waals surface area contributed by atoms with Gasteiger partial charge >= 0.3 is 11.6 Å². The van der Waals surface area contributed by atoms with Crippen LogP contribution in [0.2, 0.25) is 0 Å². The molecule has 1 aliphatic heterocycles. The summed E-state index contributed by atoms with van der Waals surface area (Å²) < 4.78 is 72.2. The number of rotatable bonds is 7. The molecule has 0 saturated carbocycles. The normalized spacial score (nSPS) is 19.2. The lowest BCUT2D eigenvalue weighted by molar-refractivity contribution is -0.141. The predicted octanol–water partition coefficient (Wildman–Crippen LogP) is 3.22. The Labute approximate surface area is 165 Å². The summed E-state index contributed by atoms with van der Waals surface area (Å²) in [5.41, 5.74) is -1.32. The number of ether oxygens (including phenoxy) is 1. The Hall–Kier alpha value is -1.37. The van der Waals surface area contributed by atoms with Gasteiger partial charge in [-0.2, -0.15) is 27.1 Å². The molecule has 1 aliphatic rings. The number of Topliss-reactive ketones (excluding diaryl/α,β-unsaturated/α-hetero) is 1. The van der Waals surface area contributed by atoms with Crippen molar-refractivity contribution in [3.8, 4) is 0 Å². The zero-order valence-corrected chi connectivity index (χ0v) is 16.2. The molecule has 3 rings (SSSR count). The number of halogens is 6. The van der Waals surface area contributed by atoms with Crippen molar-refractivity contribution in [3.63, 3.8) is 0 Å². The number of ketones is 1. The lowest BCUT2D eigenvalue weighted by atomic mass is 10.0. The minimum absolute atomic E-state index is 0.0720. The van der Waals surface area contributed by atoms with Crippen LogP contribution < -0.4 is 0 Å². The van der Waals surface area contributed by atoms with Crippen LogP contribution in [0, 0.1) is 5.92 Å². The zero-order chi connectivity index (χ0) is 20.7. The van der Waals surface area contributed by atoms with Crippen molar-refractivity contribution in [2.24, 2.45) is 5.92 Å². The van der Waals surface area contributed by atoms with Crippen LogP contribution in [0.15, 0.2) is 0 Å². The van der Waals surface area contributed by atoms with Crippen LogP contribution in [0.4, 0.5) is 22.0 Å². The average molecular weight is 447 g/mol. The SMILES string of the molecule is COCCc1nn2c(CN3CC(=O)C(CC(F)(F)Cl)C3)c(C(F)(F)F)nc2s1. The molecule has 2 aromatic heterocycles. The van der Waals surface area contributed by atoms with Gasteiger partial charge in [-0.1, -0.05) is 11.3 Å². The summed E-state index contributed by atoms with van der Waals surface area (Å²) in [7, 11) is 1.50. The Morgan fingerprint density at radius 1 is 1.32 bits per heavy atom. The molecule has 0 N–H and O–H groups in total. The first kappa shape index (κ1) is 21.3. The monoisotopic (exact) mass is 446 g/mol. The van der Waals surface area contributed by atoms with Crippen molar-refractivity contribution in [2.75, 3.05) is 26.8 Å². The Bertz CT molecular complexity index is 863. The van der Waals surface area contributed by atoms with E-state index in [1.807, 2.05) is 0 Å². The van der Waals surface area contributed by atoms with E-state index in [2.05, 4.69) is 10.1 Å². The highest BCUT2D eigenvalue weighted by Crippen LogP contribution is 2.35. The fraction of sp³-hybridized carbons (Fsp3) is 0.667. The topological polar surface area (TPSA) is 59.7 Å². The fourth-order valence-electron chi connectivity index (χ4n) is 3.11. The molecule has 0 radical (unpaired) electrons. The Kier molecular flexibility index (Phi) is 5.95. The summed E-state index contributed by atoms with van der Waals surface area (Å²) in [6.07, 6.45) is -5.14. The molecule has 156 valence electrons. The number of carbonyl (C=O) groups is 1. The first-order chi connectivity index (χ1) is 13.0. The third-order valence-electron chi connectivity index (χ3n) is 4.29. The smallest absolute Gasteiger partial charge is 0.384 e. The van der Waals surface area contributed by atoms with E-state index in [4.69, 9.17) is 16.3 Å². The number of nitrogens with zero attached hydrogens (tertiary/aromatic N) is 4. The molecule has 0 amide bonds. The van der Waals surface area contributed by atoms with Gasteiger partial charge in [0, 0.05) is 39.0 Å². The maximum atomic E-state index is 13.4. The summed E-state index contributed by atoms with van der Waals surface area (Å²) in [6, 6.07) is 0. The van der Waals surface area contributed by atoms with Crippen LogP contribution >= 0.6 is 22.9 Å². The van der Waals surface area contributed by atoms with E-state index in [-0.39, 0.29) is 30.3 Å². The molecule has 28 heavy (non-hydrogen) atoms. The second kappa shape index (κ2) is 7.81. The van der Waals surface area contributed by atoms with Crippen LogP contribution in [-0.4, -0.2) is 57.5 Å². The Morgan fingerprint density at radius 2 is 2.04 bits per heavy atom. The summed E-state index contributed by atoms with van der Waals surface area (Å²) in [5.74, 6) is -1.51. The highest BCUT2D eigenvalue weighted by Gasteiger charge is 2.42. The quantitative estimate of drug-likeness (QED) is 0.483. The molecule has 0 aliphatic carbocycles. The molecule has 1 fully saturated rings. The fourth-order valence-corrected chi connectivity index (χ4v) is 4.19. The highest BCUT2D eigenvalue weighted by molar-refractivity contribution is 7.16. The number of fused-ring (bicyclic) bond motifs is 1. The van der Waals surface area contributed by atoms with Crippen molar-refractivity contribution in [3.05, 3.63) is 16.4 Å². The molecule has 1 unspecified atom stereocenters. The standard InChI is InChI=1S/C15H16ClF5N4O2S/c1-27-3-2-11-23-25-9(12(15(19,20)21)22-13(25)28-11)6-24-5-8(10(26)7-24)4-14(16,17)18/h8H,2-7H2,1H3. The van der Waals surface area contributed by atoms with Gasteiger partial charge in [0.25, 0.3) is 0 Å². The van der Waals surface area contributed by atoms with Gasteiger partial charge in [0.1, 0.15) is 5.01 Å². The summed E-state index contributed by atoms with van der Waals surface area (Å²) in [5, 5.41) is 1.18. The second-order valence-corrected chi connectivity index (χ2v) is 8.08. The van der Waals surface area contributed by atoms with E-state index in [1.165, 1.54) is 12.0 Å². The van der Waals surface area contributed by atoms with Gasteiger partial charge in [-0.15, -0.1) is 0 Å². The maximum absolute atomic E-state index is 13.4. The number of hydrogen-bond donors (Lipinski definition) is 0. The van der Waals surface area contributed by atoms with Crippen molar-refractivity contribution in [1.82, 2.24) is 19.5 Å². The molecule has 13 heteroatoms. The number of carbonyl (C=O) groups excluding carboxylic acids is 1. The number of imidazole rings is 1. The summed E-state index contributed by atoms with van der Waals surface area (Å²) >= 11 is 5.90. The maximum Gasteiger partial charge on any atom is 0.435 e. The third kappa shape index (κ3) is 4.78. The highest BCUT2D eigenvalue weighted by atomic mass is 35.5. The van der Waals surface area contributed by atoms with Crippen molar-refractivity contribution in [1.29, 1.82) is 0 Å². The van der Waals surface area contributed by atoms with Gasteiger partial charge < -0.3 is 4.74 Å². The summed E-state index contributed by atoms with van der Waals surface area (Å²) in [6.45, 7) is -0.276. The molecule has 3 heterocycles. The first-order valence-electron chi connectivity index (χ1n) is 8.23. The Balaban J connectivity index is 1.86. The van der Waals surface area contributed by atoms with Crippen LogP contribution in [0.5, 0.6) is 0 Å². The van der Waals surface area contributed by atoms with Gasteiger partial charge in [0.2, 0.25) is 4.96 Å². The minimum atomic E-state index is -4.71. The van der Waals surface area contributed by atoms with E-state index < -0.39 is 35.4 Å². The predicted molar refractivity (Wildman–Crippen MR) is 90.6 cm³/mol.